The van der Waals surface area contributed by atoms with E-state index in [4.69, 9.17) is 14.5 Å². The van der Waals surface area contributed by atoms with Crippen molar-refractivity contribution in [2.24, 2.45) is 12.0 Å². The zero-order valence-corrected chi connectivity index (χ0v) is 18.8. The first-order valence-electron chi connectivity index (χ1n) is 10.1. The molecule has 29 heavy (non-hydrogen) atoms. The van der Waals surface area contributed by atoms with Gasteiger partial charge in [0.2, 0.25) is 0 Å². The van der Waals surface area contributed by atoms with Crippen molar-refractivity contribution in [3.63, 3.8) is 0 Å². The topological polar surface area (TPSA) is 63.9 Å². The number of aryl methyl sites for hydroxylation is 1. The summed E-state index contributed by atoms with van der Waals surface area (Å²) in [5, 5.41) is 8.00. The fraction of sp³-hybridized carbons (Fsp3) is 0.545. The van der Waals surface area contributed by atoms with Gasteiger partial charge in [-0.1, -0.05) is 19.9 Å². The van der Waals surface area contributed by atoms with E-state index in [1.807, 2.05) is 23.9 Å². The third kappa shape index (κ3) is 6.14. The largest absolute Gasteiger partial charge is 0.493 e. The summed E-state index contributed by atoms with van der Waals surface area (Å²) in [7, 11) is 7.34. The highest BCUT2D eigenvalue weighted by atomic mass is 16.5. The van der Waals surface area contributed by atoms with E-state index >= 15 is 0 Å². The van der Waals surface area contributed by atoms with Crippen LogP contribution in [0.2, 0.25) is 0 Å². The third-order valence-electron chi connectivity index (χ3n) is 4.70. The fourth-order valence-corrected chi connectivity index (χ4v) is 3.29. The van der Waals surface area contributed by atoms with E-state index in [1.54, 1.807) is 14.2 Å². The van der Waals surface area contributed by atoms with E-state index < -0.39 is 0 Å². The molecule has 0 amide bonds. The Morgan fingerprint density at radius 1 is 1.24 bits per heavy atom. The average Bonchev–Trinajstić information content (AvgIpc) is 3.07. The highest BCUT2D eigenvalue weighted by Crippen LogP contribution is 2.27. The maximum atomic E-state index is 5.39. The van der Waals surface area contributed by atoms with E-state index in [1.165, 1.54) is 11.1 Å². The Hall–Kier alpha value is -2.70. The lowest BCUT2D eigenvalue weighted by atomic mass is 10.1. The lowest BCUT2D eigenvalue weighted by Gasteiger charge is -2.22. The van der Waals surface area contributed by atoms with Crippen molar-refractivity contribution < 1.29 is 9.47 Å². The minimum Gasteiger partial charge on any atom is -0.493 e. The summed E-state index contributed by atoms with van der Waals surface area (Å²) < 4.78 is 12.6. The first-order valence-corrected chi connectivity index (χ1v) is 10.1. The number of hydrogen-bond acceptors (Lipinski definition) is 4. The molecule has 0 atom stereocenters. The van der Waals surface area contributed by atoms with Crippen LogP contribution in [0.3, 0.4) is 0 Å². The van der Waals surface area contributed by atoms with Crippen LogP contribution in [0.5, 0.6) is 11.5 Å². The summed E-state index contributed by atoms with van der Waals surface area (Å²) in [4.78, 5) is 6.97. The van der Waals surface area contributed by atoms with Gasteiger partial charge in [-0.25, -0.2) is 0 Å². The SMILES string of the molecule is CCNC(=NCCc1ccc(OC)c(OC)c1)N(C)Cc1cn(C)nc1C(C)C. The van der Waals surface area contributed by atoms with Crippen LogP contribution in [0.1, 0.15) is 43.5 Å². The Morgan fingerprint density at radius 3 is 2.59 bits per heavy atom. The van der Waals surface area contributed by atoms with Gasteiger partial charge in [0, 0.05) is 45.5 Å². The molecule has 0 spiro atoms. The molecule has 0 unspecified atom stereocenters. The van der Waals surface area contributed by atoms with E-state index in [0.29, 0.717) is 12.5 Å². The average molecular weight is 402 g/mol. The van der Waals surface area contributed by atoms with Gasteiger partial charge in [-0.05, 0) is 37.0 Å². The number of methoxy groups -OCH3 is 2. The number of rotatable bonds is 9. The number of hydrogen-bond donors (Lipinski definition) is 1. The van der Waals surface area contributed by atoms with E-state index in [-0.39, 0.29) is 0 Å². The molecular weight excluding hydrogens is 366 g/mol. The molecule has 1 heterocycles. The van der Waals surface area contributed by atoms with Crippen LogP contribution < -0.4 is 14.8 Å². The molecule has 0 aliphatic carbocycles. The van der Waals surface area contributed by atoms with Gasteiger partial charge in [-0.3, -0.25) is 9.67 Å². The van der Waals surface area contributed by atoms with Crippen LogP contribution in [0, 0.1) is 0 Å². The minimum atomic E-state index is 0.393. The van der Waals surface area contributed by atoms with Crippen molar-refractivity contribution in [1.82, 2.24) is 20.0 Å². The maximum Gasteiger partial charge on any atom is 0.193 e. The number of nitrogens with one attached hydrogen (secondary N) is 1. The molecule has 2 aromatic rings. The summed E-state index contributed by atoms with van der Waals surface area (Å²) in [5.41, 5.74) is 3.54. The maximum absolute atomic E-state index is 5.39. The first-order chi connectivity index (χ1) is 13.9. The van der Waals surface area contributed by atoms with E-state index in [0.717, 1.165) is 42.7 Å². The van der Waals surface area contributed by atoms with Gasteiger partial charge >= 0.3 is 0 Å². The highest BCUT2D eigenvalue weighted by Gasteiger charge is 2.15. The van der Waals surface area contributed by atoms with Gasteiger partial charge in [-0.2, -0.15) is 5.10 Å². The van der Waals surface area contributed by atoms with Gasteiger partial charge in [0.15, 0.2) is 17.5 Å². The Bertz CT molecular complexity index is 814. The number of nitrogens with zero attached hydrogens (tertiary/aromatic N) is 4. The van der Waals surface area contributed by atoms with Crippen molar-refractivity contribution in [2.45, 2.75) is 39.7 Å². The molecule has 0 radical (unpaired) electrons. The Kier molecular flexibility index (Phi) is 8.36. The molecule has 7 nitrogen and oxygen atoms in total. The van der Waals surface area contributed by atoms with Crippen LogP contribution in [0.4, 0.5) is 0 Å². The summed E-state index contributed by atoms with van der Waals surface area (Å²) in [5.74, 6) is 2.77. The van der Waals surface area contributed by atoms with E-state index in [2.05, 4.69) is 55.4 Å². The highest BCUT2D eigenvalue weighted by molar-refractivity contribution is 5.79. The standard InChI is InChI=1S/C22H35N5O2/c1-8-23-22(26(4)14-18-15-27(5)25-21(18)16(2)3)24-12-11-17-9-10-19(28-6)20(13-17)29-7/h9-10,13,15-16H,8,11-12,14H2,1-7H3,(H,23,24). The third-order valence-corrected chi connectivity index (χ3v) is 4.70. The lowest BCUT2D eigenvalue weighted by Crippen LogP contribution is -2.38. The molecule has 7 heteroatoms. The van der Waals surface area contributed by atoms with Crippen molar-refractivity contribution >= 4 is 5.96 Å². The van der Waals surface area contributed by atoms with Crippen LogP contribution in [0.15, 0.2) is 29.4 Å². The van der Waals surface area contributed by atoms with Crippen molar-refractivity contribution in [1.29, 1.82) is 0 Å². The zero-order chi connectivity index (χ0) is 21.4. The molecule has 160 valence electrons. The second kappa shape index (κ2) is 10.7. The molecule has 1 aromatic heterocycles. The van der Waals surface area contributed by atoms with Crippen LogP contribution in [0.25, 0.3) is 0 Å². The molecule has 0 saturated carbocycles. The summed E-state index contributed by atoms with van der Waals surface area (Å²) in [6.45, 7) is 8.71. The molecule has 0 bridgehead atoms. The summed E-state index contributed by atoms with van der Waals surface area (Å²) in [6.07, 6.45) is 2.92. The number of aliphatic imine (C=N–C) groups is 1. The van der Waals surface area contributed by atoms with Crippen molar-refractivity contribution in [2.75, 3.05) is 34.4 Å². The van der Waals surface area contributed by atoms with Gasteiger partial charge in [0.1, 0.15) is 0 Å². The van der Waals surface area contributed by atoms with Gasteiger partial charge in [-0.15, -0.1) is 0 Å². The number of ether oxygens (including phenoxy) is 2. The normalized spacial score (nSPS) is 11.7. The second-order valence-corrected chi connectivity index (χ2v) is 7.40. The van der Waals surface area contributed by atoms with Gasteiger partial charge in [0.05, 0.1) is 19.9 Å². The number of guanidine groups is 1. The summed E-state index contributed by atoms with van der Waals surface area (Å²) >= 11 is 0. The molecule has 0 saturated heterocycles. The number of benzene rings is 1. The van der Waals surface area contributed by atoms with Crippen LogP contribution in [-0.2, 0) is 20.0 Å². The predicted molar refractivity (Wildman–Crippen MR) is 118 cm³/mol. The Morgan fingerprint density at radius 2 is 1.97 bits per heavy atom. The zero-order valence-electron chi connectivity index (χ0n) is 18.8. The molecule has 1 N–H and O–H groups in total. The van der Waals surface area contributed by atoms with Crippen molar-refractivity contribution in [3.05, 3.63) is 41.2 Å². The van der Waals surface area contributed by atoms with Crippen LogP contribution in [-0.4, -0.2) is 55.0 Å². The molecule has 0 fully saturated rings. The molecular formula is C22H35N5O2. The predicted octanol–water partition coefficient (Wildman–Crippen LogP) is 3.20. The van der Waals surface area contributed by atoms with Gasteiger partial charge < -0.3 is 19.7 Å². The monoisotopic (exact) mass is 401 g/mol. The second-order valence-electron chi connectivity index (χ2n) is 7.40. The quantitative estimate of drug-likeness (QED) is 0.516. The molecule has 0 aliphatic rings. The summed E-state index contributed by atoms with van der Waals surface area (Å²) in [6, 6.07) is 6.00. The van der Waals surface area contributed by atoms with Crippen molar-refractivity contribution in [3.8, 4) is 11.5 Å². The number of aromatic nitrogens is 2. The Balaban J connectivity index is 2.07. The Labute approximate surface area is 174 Å². The molecule has 2 rings (SSSR count). The first kappa shape index (κ1) is 22.6. The molecule has 0 aliphatic heterocycles. The molecule has 1 aromatic carbocycles. The van der Waals surface area contributed by atoms with Gasteiger partial charge in [0.25, 0.3) is 0 Å². The smallest absolute Gasteiger partial charge is 0.193 e. The van der Waals surface area contributed by atoms with Crippen LogP contribution >= 0.6 is 0 Å². The van der Waals surface area contributed by atoms with E-state index in [9.17, 15) is 0 Å². The minimum absolute atomic E-state index is 0.393. The fourth-order valence-electron chi connectivity index (χ4n) is 3.29. The lowest BCUT2D eigenvalue weighted by molar-refractivity contribution is 0.354.